The van der Waals surface area contributed by atoms with Gasteiger partial charge in [-0.15, -0.1) is 0 Å². The van der Waals surface area contributed by atoms with Crippen LogP contribution in [-0.4, -0.2) is 4.57 Å². The van der Waals surface area contributed by atoms with E-state index in [0.29, 0.717) is 17.6 Å². The Hall–Kier alpha value is -2.41. The molecule has 17 heavy (non-hydrogen) atoms. The molecule has 0 saturated carbocycles. The quantitative estimate of drug-likeness (QED) is 0.724. The SMILES string of the molecule is N#CN=c1ccccn1Cc1ccccc1F. The van der Waals surface area contributed by atoms with E-state index >= 15 is 0 Å². The molecule has 0 aliphatic heterocycles. The van der Waals surface area contributed by atoms with Crippen LogP contribution in [0.5, 0.6) is 0 Å². The fourth-order valence-electron chi connectivity index (χ4n) is 1.56. The zero-order chi connectivity index (χ0) is 12.1. The minimum absolute atomic E-state index is 0.258. The Bertz CT molecular complexity index is 623. The van der Waals surface area contributed by atoms with Gasteiger partial charge in [-0.05, 0) is 18.2 Å². The van der Waals surface area contributed by atoms with Crippen LogP contribution in [0.25, 0.3) is 0 Å². The summed E-state index contributed by atoms with van der Waals surface area (Å²) in [5, 5.41) is 8.56. The van der Waals surface area contributed by atoms with Crippen LogP contribution >= 0.6 is 0 Å². The molecule has 4 heteroatoms. The highest BCUT2D eigenvalue weighted by Crippen LogP contribution is 2.07. The third-order valence-corrected chi connectivity index (χ3v) is 2.38. The van der Waals surface area contributed by atoms with Crippen molar-refractivity contribution in [1.82, 2.24) is 4.57 Å². The van der Waals surface area contributed by atoms with E-state index in [1.807, 2.05) is 6.07 Å². The van der Waals surface area contributed by atoms with E-state index in [4.69, 9.17) is 5.26 Å². The van der Waals surface area contributed by atoms with Crippen molar-refractivity contribution in [3.8, 4) is 6.19 Å². The predicted octanol–water partition coefficient (Wildman–Crippen LogP) is 2.06. The summed E-state index contributed by atoms with van der Waals surface area (Å²) < 4.78 is 15.2. The Kier molecular flexibility index (Phi) is 3.31. The number of nitrogens with zero attached hydrogens (tertiary/aromatic N) is 3. The van der Waals surface area contributed by atoms with E-state index in [1.54, 1.807) is 47.3 Å². The number of hydrogen-bond acceptors (Lipinski definition) is 2. The molecule has 0 N–H and O–H groups in total. The molecule has 0 aliphatic carbocycles. The lowest BCUT2D eigenvalue weighted by atomic mass is 10.2. The van der Waals surface area contributed by atoms with Crippen LogP contribution in [0.1, 0.15) is 5.56 Å². The zero-order valence-electron chi connectivity index (χ0n) is 9.05. The van der Waals surface area contributed by atoms with E-state index < -0.39 is 0 Å². The molecule has 0 atom stereocenters. The van der Waals surface area contributed by atoms with Crippen molar-refractivity contribution in [2.45, 2.75) is 6.54 Å². The molecule has 2 aromatic rings. The molecule has 84 valence electrons. The second kappa shape index (κ2) is 5.08. The summed E-state index contributed by atoms with van der Waals surface area (Å²) in [5.74, 6) is -0.258. The van der Waals surface area contributed by atoms with E-state index in [1.165, 1.54) is 6.07 Å². The number of pyridine rings is 1. The summed E-state index contributed by atoms with van der Waals surface area (Å²) in [7, 11) is 0. The number of nitriles is 1. The first kappa shape index (κ1) is 11.1. The third-order valence-electron chi connectivity index (χ3n) is 2.38. The molecule has 0 unspecified atom stereocenters. The summed E-state index contributed by atoms with van der Waals surface area (Å²) in [6, 6.07) is 11.9. The lowest BCUT2D eigenvalue weighted by molar-refractivity contribution is 0.595. The predicted molar refractivity (Wildman–Crippen MR) is 61.1 cm³/mol. The monoisotopic (exact) mass is 227 g/mol. The van der Waals surface area contributed by atoms with Gasteiger partial charge in [-0.3, -0.25) is 0 Å². The molecule has 0 bridgehead atoms. The highest BCUT2D eigenvalue weighted by Gasteiger charge is 2.01. The van der Waals surface area contributed by atoms with Gasteiger partial charge in [0.2, 0.25) is 6.19 Å². The summed E-state index contributed by atoms with van der Waals surface area (Å²) in [6.07, 6.45) is 3.50. The molecule has 0 fully saturated rings. The summed E-state index contributed by atoms with van der Waals surface area (Å²) in [5.41, 5.74) is 1.08. The minimum atomic E-state index is -0.258. The summed E-state index contributed by atoms with van der Waals surface area (Å²) in [4.78, 5) is 3.68. The second-order valence-electron chi connectivity index (χ2n) is 3.49. The largest absolute Gasteiger partial charge is 0.328 e. The number of benzene rings is 1. The van der Waals surface area contributed by atoms with Gasteiger partial charge in [0.25, 0.3) is 0 Å². The molecule has 0 radical (unpaired) electrons. The van der Waals surface area contributed by atoms with Gasteiger partial charge in [-0.1, -0.05) is 24.3 Å². The highest BCUT2D eigenvalue weighted by atomic mass is 19.1. The van der Waals surface area contributed by atoms with Crippen molar-refractivity contribution < 1.29 is 4.39 Å². The molecular formula is C13H10FN3. The average molecular weight is 227 g/mol. The molecule has 3 nitrogen and oxygen atoms in total. The molecule has 1 aromatic heterocycles. The van der Waals surface area contributed by atoms with E-state index in [-0.39, 0.29) is 5.82 Å². The van der Waals surface area contributed by atoms with Gasteiger partial charge in [0.05, 0.1) is 6.54 Å². The Labute approximate surface area is 98.1 Å². The maximum absolute atomic E-state index is 13.5. The van der Waals surface area contributed by atoms with Crippen molar-refractivity contribution in [1.29, 1.82) is 5.26 Å². The van der Waals surface area contributed by atoms with Crippen LogP contribution in [-0.2, 0) is 6.54 Å². The van der Waals surface area contributed by atoms with Crippen molar-refractivity contribution in [2.75, 3.05) is 0 Å². The van der Waals surface area contributed by atoms with Crippen LogP contribution < -0.4 is 5.49 Å². The first-order valence-electron chi connectivity index (χ1n) is 5.13. The van der Waals surface area contributed by atoms with Crippen molar-refractivity contribution >= 4 is 0 Å². The topological polar surface area (TPSA) is 41.1 Å². The minimum Gasteiger partial charge on any atom is -0.328 e. The van der Waals surface area contributed by atoms with Crippen LogP contribution in [0, 0.1) is 17.3 Å². The van der Waals surface area contributed by atoms with Gasteiger partial charge in [0, 0.05) is 11.8 Å². The van der Waals surface area contributed by atoms with Gasteiger partial charge < -0.3 is 4.57 Å². The van der Waals surface area contributed by atoms with Gasteiger partial charge in [0.15, 0.2) is 0 Å². The van der Waals surface area contributed by atoms with Gasteiger partial charge in [-0.25, -0.2) is 4.39 Å². The van der Waals surface area contributed by atoms with E-state index in [0.717, 1.165) is 0 Å². The van der Waals surface area contributed by atoms with Gasteiger partial charge >= 0.3 is 0 Å². The van der Waals surface area contributed by atoms with E-state index in [2.05, 4.69) is 4.99 Å². The number of rotatable bonds is 2. The standard InChI is InChI=1S/C13H10FN3/c14-12-6-2-1-5-11(12)9-17-8-4-3-7-13(17)16-10-15/h1-8H,9H2. The average Bonchev–Trinajstić information content (AvgIpc) is 2.35. The molecule has 0 aliphatic rings. The van der Waals surface area contributed by atoms with Crippen LogP contribution in [0.3, 0.4) is 0 Å². The Balaban J connectivity index is 2.41. The second-order valence-corrected chi connectivity index (χ2v) is 3.49. The number of hydrogen-bond donors (Lipinski definition) is 0. The zero-order valence-corrected chi connectivity index (χ0v) is 9.05. The van der Waals surface area contributed by atoms with Crippen molar-refractivity contribution in [3.63, 3.8) is 0 Å². The maximum atomic E-state index is 13.5. The van der Waals surface area contributed by atoms with E-state index in [9.17, 15) is 4.39 Å². The fraction of sp³-hybridized carbons (Fsp3) is 0.0769. The first-order chi connectivity index (χ1) is 8.31. The fourth-order valence-corrected chi connectivity index (χ4v) is 1.56. The molecule has 1 aromatic carbocycles. The smallest absolute Gasteiger partial charge is 0.207 e. The molecule has 0 spiro atoms. The number of aromatic nitrogens is 1. The van der Waals surface area contributed by atoms with Crippen molar-refractivity contribution in [3.05, 3.63) is 65.5 Å². The Morgan fingerprint density at radius 3 is 2.71 bits per heavy atom. The number of halogens is 1. The van der Waals surface area contributed by atoms with Crippen LogP contribution in [0.15, 0.2) is 53.7 Å². The van der Waals surface area contributed by atoms with Gasteiger partial charge in [-0.2, -0.15) is 10.3 Å². The van der Waals surface area contributed by atoms with Crippen LogP contribution in [0.2, 0.25) is 0 Å². The van der Waals surface area contributed by atoms with Gasteiger partial charge in [0.1, 0.15) is 11.3 Å². The maximum Gasteiger partial charge on any atom is 0.207 e. The van der Waals surface area contributed by atoms with Crippen molar-refractivity contribution in [2.24, 2.45) is 4.99 Å². The normalized spacial score (nSPS) is 11.2. The lowest BCUT2D eigenvalue weighted by Crippen LogP contribution is -2.20. The summed E-state index contributed by atoms with van der Waals surface area (Å²) in [6.45, 7) is 0.355. The molecule has 2 rings (SSSR count). The molecule has 0 saturated heterocycles. The Morgan fingerprint density at radius 2 is 1.94 bits per heavy atom. The summed E-state index contributed by atoms with van der Waals surface area (Å²) >= 11 is 0. The van der Waals surface area contributed by atoms with Crippen LogP contribution in [0.4, 0.5) is 4.39 Å². The third kappa shape index (κ3) is 2.58. The molecule has 0 amide bonds. The Morgan fingerprint density at radius 1 is 1.18 bits per heavy atom. The first-order valence-corrected chi connectivity index (χ1v) is 5.13. The highest BCUT2D eigenvalue weighted by molar-refractivity contribution is 5.17. The molecular weight excluding hydrogens is 217 g/mol. The lowest BCUT2D eigenvalue weighted by Gasteiger charge is -2.07. The molecule has 1 heterocycles.